The van der Waals surface area contributed by atoms with Crippen LogP contribution >= 0.6 is 0 Å². The average Bonchev–Trinajstić information content (AvgIpc) is 1.45. The lowest BCUT2D eigenvalue weighted by molar-refractivity contribution is 0.117. The summed E-state index contributed by atoms with van der Waals surface area (Å²) in [4.78, 5) is 37.9. The molecule has 0 unspecified atom stereocenters. The van der Waals surface area contributed by atoms with Crippen molar-refractivity contribution in [3.63, 3.8) is 0 Å². The zero-order chi connectivity index (χ0) is 12.6. The first kappa shape index (κ1) is 18.9. The molecule has 0 saturated heterocycles. The second-order valence-corrected chi connectivity index (χ2v) is 3.43. The zero-order valence-electron chi connectivity index (χ0n) is 6.21. The quantitative estimate of drug-likeness (QED) is 0.161. The van der Waals surface area contributed by atoms with Crippen LogP contribution in [0, 0.1) is 0 Å². The largest absolute Gasteiger partial charge is 0.668 e. The molecular weight excluding hydrogens is 248 g/mol. The SMILES string of the molecule is O=C(O)O.O=S(=O)(O)O.O[Si](O)(O)O. The summed E-state index contributed by atoms with van der Waals surface area (Å²) in [7, 11) is -9.28. The van der Waals surface area contributed by atoms with Crippen LogP contribution in [0.1, 0.15) is 0 Å². The lowest BCUT2D eigenvalue weighted by Gasteiger charge is -1.91. The summed E-state index contributed by atoms with van der Waals surface area (Å²) in [6.07, 6.45) is -1.83. The Morgan fingerprint density at radius 2 is 0.929 bits per heavy atom. The van der Waals surface area contributed by atoms with Crippen molar-refractivity contribution in [2.45, 2.75) is 0 Å². The van der Waals surface area contributed by atoms with E-state index in [1.54, 1.807) is 0 Å². The van der Waals surface area contributed by atoms with Crippen LogP contribution in [-0.2, 0) is 10.4 Å². The van der Waals surface area contributed by atoms with Crippen LogP contribution in [0.25, 0.3) is 0 Å². The first-order chi connectivity index (χ1) is 5.73. The Balaban J connectivity index is -0.000000131. The van der Waals surface area contributed by atoms with E-state index < -0.39 is 25.6 Å². The van der Waals surface area contributed by atoms with Crippen LogP contribution in [0.15, 0.2) is 0 Å². The normalized spacial score (nSPS) is 10.1. The fourth-order valence-corrected chi connectivity index (χ4v) is 0. The summed E-state index contributed by atoms with van der Waals surface area (Å²) < 4.78 is 31.6. The highest BCUT2D eigenvalue weighted by Gasteiger charge is 2.22. The number of carbonyl (C=O) groups is 1. The second-order valence-electron chi connectivity index (χ2n) is 1.33. The van der Waals surface area contributed by atoms with Crippen molar-refractivity contribution in [3.05, 3.63) is 0 Å². The van der Waals surface area contributed by atoms with E-state index in [1.807, 2.05) is 0 Å². The summed E-state index contributed by atoms with van der Waals surface area (Å²) in [5, 5.41) is 13.9. The summed E-state index contributed by atoms with van der Waals surface area (Å²) in [5.74, 6) is 0. The molecular formula is CH8O11SSi. The standard InChI is InChI=1S/CH2O3.H2O4S.H4O4Si/c2-1(3)4;2*1-5(2,3)4/h(H2,2,3,4);(H2,1,2,3,4);1-4H. The van der Waals surface area contributed by atoms with Gasteiger partial charge in [0.25, 0.3) is 0 Å². The first-order valence-electron chi connectivity index (χ1n) is 2.24. The first-order valence-corrected chi connectivity index (χ1v) is 5.43. The maximum Gasteiger partial charge on any atom is 0.668 e. The van der Waals surface area contributed by atoms with Gasteiger partial charge in [-0.25, -0.2) is 4.79 Å². The van der Waals surface area contributed by atoms with Crippen LogP contribution in [0.2, 0.25) is 0 Å². The molecule has 0 aromatic heterocycles. The maximum absolute atomic E-state index is 8.74. The predicted octanol–water partition coefficient (Wildman–Crippen LogP) is -3.04. The summed E-state index contributed by atoms with van der Waals surface area (Å²) in [5.41, 5.74) is 0. The summed E-state index contributed by atoms with van der Waals surface area (Å²) in [6, 6.07) is 0. The molecule has 0 aliphatic rings. The van der Waals surface area contributed by atoms with Gasteiger partial charge in [0, 0.05) is 0 Å². The molecule has 0 aromatic carbocycles. The smallest absolute Gasteiger partial charge is 0.450 e. The van der Waals surface area contributed by atoms with Crippen molar-refractivity contribution in [2.24, 2.45) is 0 Å². The molecule has 14 heavy (non-hydrogen) atoms. The van der Waals surface area contributed by atoms with Gasteiger partial charge in [0.1, 0.15) is 0 Å². The van der Waals surface area contributed by atoms with Crippen molar-refractivity contribution in [1.29, 1.82) is 0 Å². The average molecular weight is 256 g/mol. The van der Waals surface area contributed by atoms with Crippen LogP contribution < -0.4 is 0 Å². The molecule has 88 valence electrons. The molecule has 0 aromatic rings. The number of hydrogen-bond donors (Lipinski definition) is 8. The van der Waals surface area contributed by atoms with Gasteiger partial charge in [0.05, 0.1) is 0 Å². The van der Waals surface area contributed by atoms with E-state index >= 15 is 0 Å². The lowest BCUT2D eigenvalue weighted by atomic mass is 11.5. The van der Waals surface area contributed by atoms with Crippen molar-refractivity contribution in [3.8, 4) is 0 Å². The molecule has 8 N–H and O–H groups in total. The van der Waals surface area contributed by atoms with Crippen LogP contribution in [0.5, 0.6) is 0 Å². The van der Waals surface area contributed by atoms with E-state index in [9.17, 15) is 0 Å². The third-order valence-corrected chi connectivity index (χ3v) is 0. The van der Waals surface area contributed by atoms with Gasteiger partial charge in [-0.3, -0.25) is 9.11 Å². The van der Waals surface area contributed by atoms with Gasteiger partial charge in [-0.1, -0.05) is 0 Å². The monoisotopic (exact) mass is 256 g/mol. The Hall–Kier alpha value is -0.803. The molecule has 0 fully saturated rings. The van der Waals surface area contributed by atoms with Crippen molar-refractivity contribution < 1.29 is 51.7 Å². The topological polar surface area (TPSA) is 213 Å². The van der Waals surface area contributed by atoms with E-state index in [2.05, 4.69) is 0 Å². The van der Waals surface area contributed by atoms with Crippen molar-refractivity contribution in [2.75, 3.05) is 0 Å². The molecule has 0 bridgehead atoms. The van der Waals surface area contributed by atoms with Crippen molar-refractivity contribution >= 4 is 25.6 Å². The molecule has 0 spiro atoms. The summed E-state index contributed by atoms with van der Waals surface area (Å²) in [6.45, 7) is 0. The van der Waals surface area contributed by atoms with E-state index in [0.717, 1.165) is 0 Å². The zero-order valence-corrected chi connectivity index (χ0v) is 8.03. The van der Waals surface area contributed by atoms with Crippen LogP contribution in [0.4, 0.5) is 4.79 Å². The van der Waals surface area contributed by atoms with Crippen LogP contribution in [-0.4, -0.2) is 62.1 Å². The Kier molecular flexibility index (Phi) is 10.2. The molecule has 0 atom stereocenters. The van der Waals surface area contributed by atoms with E-state index in [1.165, 1.54) is 0 Å². The molecule has 0 saturated carbocycles. The molecule has 0 amide bonds. The van der Waals surface area contributed by atoms with Gasteiger partial charge in [-0.2, -0.15) is 8.42 Å². The third-order valence-electron chi connectivity index (χ3n) is 0. The number of carboxylic acid groups (broad SMARTS) is 2. The Morgan fingerprint density at radius 3 is 0.929 bits per heavy atom. The van der Waals surface area contributed by atoms with Gasteiger partial charge in [0.15, 0.2) is 0 Å². The molecule has 0 heterocycles. The molecule has 0 aliphatic carbocycles. The minimum absolute atomic E-state index is 1.83. The highest BCUT2D eigenvalue weighted by atomic mass is 32.3. The van der Waals surface area contributed by atoms with Gasteiger partial charge < -0.3 is 29.4 Å². The van der Waals surface area contributed by atoms with Crippen molar-refractivity contribution in [1.82, 2.24) is 0 Å². The highest BCUT2D eigenvalue weighted by Crippen LogP contribution is 1.67. The van der Waals surface area contributed by atoms with Gasteiger partial charge in [-0.05, 0) is 0 Å². The number of rotatable bonds is 0. The molecule has 13 heteroatoms. The maximum atomic E-state index is 8.74. The predicted molar refractivity (Wildman–Crippen MR) is 39.5 cm³/mol. The number of hydrogen-bond acceptors (Lipinski definition) is 7. The Bertz CT molecular complexity index is 215. The second kappa shape index (κ2) is 7.59. The molecule has 0 aliphatic heterocycles. The molecule has 0 radical (unpaired) electrons. The molecule has 0 rings (SSSR count). The minimum atomic E-state index is -4.67. The van der Waals surface area contributed by atoms with Gasteiger partial charge >= 0.3 is 25.6 Å². The highest BCUT2D eigenvalue weighted by molar-refractivity contribution is 7.79. The molecule has 11 nitrogen and oxygen atoms in total. The van der Waals surface area contributed by atoms with E-state index in [-0.39, 0.29) is 0 Å². The minimum Gasteiger partial charge on any atom is -0.450 e. The Labute approximate surface area is 78.2 Å². The third kappa shape index (κ3) is 1800. The van der Waals surface area contributed by atoms with Crippen LogP contribution in [0.3, 0.4) is 0 Å². The fourth-order valence-electron chi connectivity index (χ4n) is 0. The van der Waals surface area contributed by atoms with E-state index in [0.29, 0.717) is 0 Å². The Morgan fingerprint density at radius 1 is 0.929 bits per heavy atom. The fraction of sp³-hybridized carbons (Fsp3) is 0. The van der Waals surface area contributed by atoms with E-state index in [4.69, 9.17) is 51.7 Å². The summed E-state index contributed by atoms with van der Waals surface area (Å²) >= 11 is 0. The van der Waals surface area contributed by atoms with Gasteiger partial charge in [0.2, 0.25) is 0 Å². The lowest BCUT2D eigenvalue weighted by Crippen LogP contribution is -2.33. The van der Waals surface area contributed by atoms with Gasteiger partial charge in [-0.15, -0.1) is 0 Å².